The standard InChI is InChI=1S/C23H30N2O2/c1-23(2,27)12-11-17-7-6-10-19(13-17)22(26)24-15-21-14-18-8-4-5-9-20(18)16-25(21)3/h4-10,13,21,27H,11-12,14-16H2,1-3H3,(H,24,26)/t21-/m0/s1. The first-order valence-electron chi connectivity index (χ1n) is 9.68. The highest BCUT2D eigenvalue weighted by atomic mass is 16.3. The van der Waals surface area contributed by atoms with Gasteiger partial charge in [-0.25, -0.2) is 0 Å². The number of benzene rings is 2. The Bertz CT molecular complexity index is 795. The summed E-state index contributed by atoms with van der Waals surface area (Å²) in [5.74, 6) is -0.0348. The van der Waals surface area contributed by atoms with E-state index >= 15 is 0 Å². The van der Waals surface area contributed by atoms with Gasteiger partial charge in [0.25, 0.3) is 5.91 Å². The summed E-state index contributed by atoms with van der Waals surface area (Å²) in [6, 6.07) is 16.5. The first-order valence-corrected chi connectivity index (χ1v) is 9.68. The van der Waals surface area contributed by atoms with Crippen LogP contribution in [0.15, 0.2) is 48.5 Å². The Morgan fingerprint density at radius 3 is 2.67 bits per heavy atom. The lowest BCUT2D eigenvalue weighted by molar-refractivity contribution is 0.0714. The Kier molecular flexibility index (Phi) is 5.98. The smallest absolute Gasteiger partial charge is 0.251 e. The average molecular weight is 367 g/mol. The highest BCUT2D eigenvalue weighted by molar-refractivity contribution is 5.94. The lowest BCUT2D eigenvalue weighted by Crippen LogP contribution is -2.45. The molecule has 0 aromatic heterocycles. The third-order valence-corrected chi connectivity index (χ3v) is 5.33. The van der Waals surface area contributed by atoms with Crippen molar-refractivity contribution in [1.82, 2.24) is 10.2 Å². The molecule has 4 heteroatoms. The van der Waals surface area contributed by atoms with Crippen molar-refractivity contribution in [2.75, 3.05) is 13.6 Å². The van der Waals surface area contributed by atoms with Crippen LogP contribution in [0.3, 0.4) is 0 Å². The SMILES string of the molecule is CN1Cc2ccccc2C[C@H]1CNC(=O)c1cccc(CCC(C)(C)O)c1. The van der Waals surface area contributed by atoms with Crippen molar-refractivity contribution in [2.45, 2.75) is 51.3 Å². The lowest BCUT2D eigenvalue weighted by atomic mass is 9.94. The minimum absolute atomic E-state index is 0.0348. The van der Waals surface area contributed by atoms with E-state index in [2.05, 4.69) is 41.5 Å². The van der Waals surface area contributed by atoms with Gasteiger partial charge in [0.1, 0.15) is 0 Å². The minimum Gasteiger partial charge on any atom is -0.390 e. The van der Waals surface area contributed by atoms with Gasteiger partial charge in [0.05, 0.1) is 5.60 Å². The number of nitrogens with one attached hydrogen (secondary N) is 1. The summed E-state index contributed by atoms with van der Waals surface area (Å²) in [4.78, 5) is 14.9. The largest absolute Gasteiger partial charge is 0.390 e. The fourth-order valence-electron chi connectivity index (χ4n) is 3.58. The number of aryl methyl sites for hydroxylation is 1. The van der Waals surface area contributed by atoms with Gasteiger partial charge in [0.15, 0.2) is 0 Å². The van der Waals surface area contributed by atoms with E-state index in [-0.39, 0.29) is 5.91 Å². The van der Waals surface area contributed by atoms with Gasteiger partial charge >= 0.3 is 0 Å². The van der Waals surface area contributed by atoms with Crippen LogP contribution in [0.5, 0.6) is 0 Å². The van der Waals surface area contributed by atoms with Crippen molar-refractivity contribution in [3.05, 3.63) is 70.8 Å². The molecule has 0 fully saturated rings. The topological polar surface area (TPSA) is 52.6 Å². The molecule has 0 saturated heterocycles. The number of fused-ring (bicyclic) bond motifs is 1. The summed E-state index contributed by atoms with van der Waals surface area (Å²) in [5, 5.41) is 13.0. The highest BCUT2D eigenvalue weighted by Crippen LogP contribution is 2.21. The molecule has 2 N–H and O–H groups in total. The normalized spacial score (nSPS) is 17.4. The monoisotopic (exact) mass is 366 g/mol. The summed E-state index contributed by atoms with van der Waals surface area (Å²) in [7, 11) is 2.12. The molecule has 3 rings (SSSR count). The second-order valence-electron chi connectivity index (χ2n) is 8.26. The maximum atomic E-state index is 12.6. The van der Waals surface area contributed by atoms with Gasteiger partial charge in [-0.1, -0.05) is 36.4 Å². The van der Waals surface area contributed by atoms with Crippen LogP contribution in [-0.4, -0.2) is 41.1 Å². The fourth-order valence-corrected chi connectivity index (χ4v) is 3.58. The van der Waals surface area contributed by atoms with Crippen LogP contribution >= 0.6 is 0 Å². The van der Waals surface area contributed by atoms with E-state index < -0.39 is 5.60 Å². The number of hydrogen-bond donors (Lipinski definition) is 2. The van der Waals surface area contributed by atoms with E-state index in [1.54, 1.807) is 0 Å². The first-order chi connectivity index (χ1) is 12.8. The molecule has 1 atom stereocenters. The molecule has 0 aliphatic carbocycles. The van der Waals surface area contributed by atoms with Gasteiger partial charge in [0, 0.05) is 24.7 Å². The summed E-state index contributed by atoms with van der Waals surface area (Å²) in [6.45, 7) is 5.17. The van der Waals surface area contributed by atoms with Crippen LogP contribution in [0.4, 0.5) is 0 Å². The number of hydrogen-bond acceptors (Lipinski definition) is 3. The van der Waals surface area contributed by atoms with Gasteiger partial charge in [0.2, 0.25) is 0 Å². The second kappa shape index (κ2) is 8.24. The van der Waals surface area contributed by atoms with E-state index in [0.717, 1.165) is 24.9 Å². The highest BCUT2D eigenvalue weighted by Gasteiger charge is 2.23. The molecule has 1 aliphatic heterocycles. The number of aliphatic hydroxyl groups is 1. The van der Waals surface area contributed by atoms with Gasteiger partial charge < -0.3 is 10.4 Å². The molecule has 4 nitrogen and oxygen atoms in total. The molecule has 1 amide bonds. The molecule has 0 spiro atoms. The molecule has 0 unspecified atom stereocenters. The predicted octanol–water partition coefficient (Wildman–Crippen LogP) is 3.18. The van der Waals surface area contributed by atoms with Crippen molar-refractivity contribution < 1.29 is 9.90 Å². The molecule has 27 heavy (non-hydrogen) atoms. The summed E-state index contributed by atoms with van der Waals surface area (Å²) in [5.41, 5.74) is 3.82. The molecule has 0 radical (unpaired) electrons. The Labute approximate surface area is 162 Å². The Balaban J connectivity index is 1.58. The van der Waals surface area contributed by atoms with E-state index in [1.807, 2.05) is 38.1 Å². The third-order valence-electron chi connectivity index (χ3n) is 5.33. The Morgan fingerprint density at radius 1 is 1.19 bits per heavy atom. The maximum absolute atomic E-state index is 12.6. The fraction of sp³-hybridized carbons (Fsp3) is 0.435. The minimum atomic E-state index is -0.694. The molecule has 0 bridgehead atoms. The van der Waals surface area contributed by atoms with Gasteiger partial charge in [-0.15, -0.1) is 0 Å². The Hall–Kier alpha value is -2.17. The van der Waals surface area contributed by atoms with Gasteiger partial charge in [-0.05, 0) is 69.0 Å². The van der Waals surface area contributed by atoms with Crippen LogP contribution < -0.4 is 5.32 Å². The van der Waals surface area contributed by atoms with E-state index in [9.17, 15) is 9.90 Å². The number of carbonyl (C=O) groups excluding carboxylic acids is 1. The molecule has 1 aliphatic rings. The zero-order chi connectivity index (χ0) is 19.4. The van der Waals surface area contributed by atoms with Crippen LogP contribution in [0.1, 0.15) is 47.3 Å². The number of carbonyl (C=O) groups is 1. The van der Waals surface area contributed by atoms with Crippen LogP contribution in [0, 0.1) is 0 Å². The van der Waals surface area contributed by atoms with Gasteiger partial charge in [-0.3, -0.25) is 9.69 Å². The lowest BCUT2D eigenvalue weighted by Gasteiger charge is -2.34. The number of nitrogens with zero attached hydrogens (tertiary/aromatic N) is 1. The number of likely N-dealkylation sites (N-methyl/N-ethyl adjacent to an activating group) is 1. The molecule has 2 aromatic rings. The zero-order valence-corrected chi connectivity index (χ0v) is 16.5. The Morgan fingerprint density at radius 2 is 1.93 bits per heavy atom. The first kappa shape index (κ1) is 19.6. The molecular formula is C23H30N2O2. The average Bonchev–Trinajstić information content (AvgIpc) is 2.64. The predicted molar refractivity (Wildman–Crippen MR) is 109 cm³/mol. The molecule has 1 heterocycles. The number of amides is 1. The van der Waals surface area contributed by atoms with Crippen molar-refractivity contribution in [3.63, 3.8) is 0 Å². The van der Waals surface area contributed by atoms with E-state index in [1.165, 1.54) is 11.1 Å². The molecule has 2 aromatic carbocycles. The number of rotatable bonds is 6. The van der Waals surface area contributed by atoms with Crippen LogP contribution in [-0.2, 0) is 19.4 Å². The molecular weight excluding hydrogens is 336 g/mol. The summed E-state index contributed by atoms with van der Waals surface area (Å²) < 4.78 is 0. The summed E-state index contributed by atoms with van der Waals surface area (Å²) in [6.07, 6.45) is 2.38. The summed E-state index contributed by atoms with van der Waals surface area (Å²) >= 11 is 0. The van der Waals surface area contributed by atoms with E-state index in [0.29, 0.717) is 24.6 Å². The van der Waals surface area contributed by atoms with Crippen LogP contribution in [0.25, 0.3) is 0 Å². The van der Waals surface area contributed by atoms with Crippen molar-refractivity contribution in [1.29, 1.82) is 0 Å². The second-order valence-corrected chi connectivity index (χ2v) is 8.26. The molecule has 144 valence electrons. The van der Waals surface area contributed by atoms with Crippen molar-refractivity contribution in [2.24, 2.45) is 0 Å². The quantitative estimate of drug-likeness (QED) is 0.826. The maximum Gasteiger partial charge on any atom is 0.251 e. The van der Waals surface area contributed by atoms with Crippen molar-refractivity contribution in [3.8, 4) is 0 Å². The van der Waals surface area contributed by atoms with Crippen molar-refractivity contribution >= 4 is 5.91 Å². The molecule has 0 saturated carbocycles. The third kappa shape index (κ3) is 5.41. The van der Waals surface area contributed by atoms with Crippen LogP contribution in [0.2, 0.25) is 0 Å². The van der Waals surface area contributed by atoms with E-state index in [4.69, 9.17) is 0 Å². The zero-order valence-electron chi connectivity index (χ0n) is 16.5. The van der Waals surface area contributed by atoms with Gasteiger partial charge in [-0.2, -0.15) is 0 Å².